The van der Waals surface area contributed by atoms with Crippen molar-refractivity contribution in [3.63, 3.8) is 0 Å². The lowest BCUT2D eigenvalue weighted by molar-refractivity contribution is 0.192. The van der Waals surface area contributed by atoms with Crippen molar-refractivity contribution in [1.29, 1.82) is 0 Å². The summed E-state index contributed by atoms with van der Waals surface area (Å²) < 4.78 is 0. The summed E-state index contributed by atoms with van der Waals surface area (Å²) >= 11 is 0. The van der Waals surface area contributed by atoms with E-state index in [4.69, 9.17) is 5.73 Å². The fourth-order valence-corrected chi connectivity index (χ4v) is 2.41. The van der Waals surface area contributed by atoms with Crippen molar-refractivity contribution in [2.24, 2.45) is 5.73 Å². The molecule has 2 rings (SSSR count). The third-order valence-corrected chi connectivity index (χ3v) is 3.83. The Kier molecular flexibility index (Phi) is 4.49. The van der Waals surface area contributed by atoms with E-state index in [2.05, 4.69) is 33.8 Å². The second kappa shape index (κ2) is 6.11. The lowest BCUT2D eigenvalue weighted by Gasteiger charge is -2.38. The predicted octanol–water partition coefficient (Wildman–Crippen LogP) is 0.856. The van der Waals surface area contributed by atoms with Crippen molar-refractivity contribution in [2.75, 3.05) is 31.1 Å². The summed E-state index contributed by atoms with van der Waals surface area (Å²) in [5.41, 5.74) is 6.83. The largest absolute Gasteiger partial charge is 0.352 e. The van der Waals surface area contributed by atoms with Crippen LogP contribution in [0.25, 0.3) is 0 Å². The van der Waals surface area contributed by atoms with Gasteiger partial charge in [0.25, 0.3) is 0 Å². The quantitative estimate of drug-likeness (QED) is 0.857. The van der Waals surface area contributed by atoms with Gasteiger partial charge in [0.1, 0.15) is 0 Å². The van der Waals surface area contributed by atoms with Gasteiger partial charge in [-0.25, -0.2) is 0 Å². The first-order valence-electron chi connectivity index (χ1n) is 6.76. The van der Waals surface area contributed by atoms with E-state index in [1.165, 1.54) is 6.42 Å². The Labute approximate surface area is 109 Å². The average Bonchev–Trinajstić information content (AvgIpc) is 2.46. The lowest BCUT2D eigenvalue weighted by atomic mass is 10.2. The molecule has 1 unspecified atom stereocenters. The van der Waals surface area contributed by atoms with Crippen molar-refractivity contribution in [2.45, 2.75) is 32.9 Å². The topological polar surface area (TPSA) is 58.3 Å². The van der Waals surface area contributed by atoms with Crippen LogP contribution in [0.1, 0.15) is 25.8 Å². The minimum Gasteiger partial charge on any atom is -0.352 e. The van der Waals surface area contributed by atoms with Crippen LogP contribution in [0.2, 0.25) is 0 Å². The molecular formula is C13H23N5. The number of rotatable bonds is 4. The maximum Gasteiger partial charge on any atom is 0.155 e. The molecule has 0 bridgehead atoms. The van der Waals surface area contributed by atoms with Gasteiger partial charge < -0.3 is 10.6 Å². The zero-order valence-corrected chi connectivity index (χ0v) is 11.3. The van der Waals surface area contributed by atoms with E-state index < -0.39 is 0 Å². The summed E-state index contributed by atoms with van der Waals surface area (Å²) in [7, 11) is 0. The molecule has 1 aromatic heterocycles. The summed E-state index contributed by atoms with van der Waals surface area (Å²) in [6.45, 7) is 9.27. The Morgan fingerprint density at radius 3 is 2.67 bits per heavy atom. The number of hydrogen-bond acceptors (Lipinski definition) is 5. The van der Waals surface area contributed by atoms with Crippen molar-refractivity contribution < 1.29 is 0 Å². The van der Waals surface area contributed by atoms with Crippen LogP contribution in [0, 0.1) is 0 Å². The summed E-state index contributed by atoms with van der Waals surface area (Å²) in [6, 6.07) is 2.63. The standard InChI is InChI=1S/C13H23N5/c1-3-11(2)17-6-8-18(9-7-17)13-12(10-14)4-5-15-16-13/h4-5,11H,3,6-10,14H2,1-2H3. The smallest absolute Gasteiger partial charge is 0.155 e. The monoisotopic (exact) mass is 249 g/mol. The Morgan fingerprint density at radius 1 is 1.33 bits per heavy atom. The van der Waals surface area contributed by atoms with Crippen molar-refractivity contribution in [1.82, 2.24) is 15.1 Å². The molecule has 18 heavy (non-hydrogen) atoms. The van der Waals surface area contributed by atoms with Crippen LogP contribution in [0.5, 0.6) is 0 Å². The summed E-state index contributed by atoms with van der Waals surface area (Å²) in [6.07, 6.45) is 2.92. The first-order valence-corrected chi connectivity index (χ1v) is 6.76. The highest BCUT2D eigenvalue weighted by molar-refractivity contribution is 5.45. The highest BCUT2D eigenvalue weighted by Crippen LogP contribution is 2.18. The second-order valence-corrected chi connectivity index (χ2v) is 4.86. The van der Waals surface area contributed by atoms with Crippen molar-refractivity contribution >= 4 is 5.82 Å². The van der Waals surface area contributed by atoms with E-state index in [0.717, 1.165) is 37.6 Å². The van der Waals surface area contributed by atoms with Crippen LogP contribution in [-0.2, 0) is 6.54 Å². The Hall–Kier alpha value is -1.20. The van der Waals surface area contributed by atoms with E-state index in [9.17, 15) is 0 Å². The Bertz CT molecular complexity index is 373. The average molecular weight is 249 g/mol. The van der Waals surface area contributed by atoms with Gasteiger partial charge >= 0.3 is 0 Å². The van der Waals surface area contributed by atoms with E-state index >= 15 is 0 Å². The first kappa shape index (κ1) is 13.2. The first-order chi connectivity index (χ1) is 8.76. The molecule has 0 radical (unpaired) electrons. The maximum absolute atomic E-state index is 5.75. The lowest BCUT2D eigenvalue weighted by Crippen LogP contribution is -2.50. The van der Waals surface area contributed by atoms with E-state index in [1.807, 2.05) is 6.07 Å². The number of nitrogens with zero attached hydrogens (tertiary/aromatic N) is 4. The van der Waals surface area contributed by atoms with E-state index in [1.54, 1.807) is 6.20 Å². The zero-order chi connectivity index (χ0) is 13.0. The summed E-state index contributed by atoms with van der Waals surface area (Å²) in [5.74, 6) is 0.962. The molecule has 0 amide bonds. The third kappa shape index (κ3) is 2.79. The van der Waals surface area contributed by atoms with Gasteiger partial charge in [-0.2, -0.15) is 5.10 Å². The van der Waals surface area contributed by atoms with Gasteiger partial charge in [0.2, 0.25) is 0 Å². The van der Waals surface area contributed by atoms with Gasteiger partial charge in [0.15, 0.2) is 5.82 Å². The molecule has 100 valence electrons. The number of aromatic nitrogens is 2. The molecule has 0 aromatic carbocycles. The fourth-order valence-electron chi connectivity index (χ4n) is 2.41. The van der Waals surface area contributed by atoms with Gasteiger partial charge in [-0.3, -0.25) is 4.90 Å². The molecule has 1 atom stereocenters. The molecule has 0 aliphatic carbocycles. The van der Waals surface area contributed by atoms with Gasteiger partial charge in [0, 0.05) is 44.3 Å². The SMILES string of the molecule is CCC(C)N1CCN(c2nnccc2CN)CC1. The normalized spacial score (nSPS) is 18.9. The molecule has 1 aliphatic heterocycles. The zero-order valence-electron chi connectivity index (χ0n) is 11.3. The Morgan fingerprint density at radius 2 is 2.06 bits per heavy atom. The molecule has 1 aliphatic rings. The van der Waals surface area contributed by atoms with Crippen LogP contribution >= 0.6 is 0 Å². The van der Waals surface area contributed by atoms with E-state index in [0.29, 0.717) is 12.6 Å². The molecule has 1 fully saturated rings. The van der Waals surface area contributed by atoms with Crippen LogP contribution in [-0.4, -0.2) is 47.3 Å². The predicted molar refractivity (Wildman–Crippen MR) is 73.5 cm³/mol. The van der Waals surface area contributed by atoms with Crippen molar-refractivity contribution in [3.8, 4) is 0 Å². The van der Waals surface area contributed by atoms with Gasteiger partial charge in [-0.15, -0.1) is 5.10 Å². The highest BCUT2D eigenvalue weighted by atomic mass is 15.3. The molecule has 5 nitrogen and oxygen atoms in total. The molecule has 2 N–H and O–H groups in total. The minimum absolute atomic E-state index is 0.524. The maximum atomic E-state index is 5.75. The number of nitrogens with two attached hydrogens (primary N) is 1. The molecule has 0 saturated carbocycles. The molecular weight excluding hydrogens is 226 g/mol. The molecule has 2 heterocycles. The number of piperazine rings is 1. The van der Waals surface area contributed by atoms with Crippen LogP contribution in [0.4, 0.5) is 5.82 Å². The van der Waals surface area contributed by atoms with E-state index in [-0.39, 0.29) is 0 Å². The fraction of sp³-hybridized carbons (Fsp3) is 0.692. The summed E-state index contributed by atoms with van der Waals surface area (Å²) in [4.78, 5) is 4.84. The minimum atomic E-state index is 0.524. The van der Waals surface area contributed by atoms with Crippen LogP contribution in [0.15, 0.2) is 12.3 Å². The Balaban J connectivity index is 2.01. The molecule has 0 spiro atoms. The molecule has 5 heteroatoms. The van der Waals surface area contributed by atoms with Crippen molar-refractivity contribution in [3.05, 3.63) is 17.8 Å². The van der Waals surface area contributed by atoms with Crippen LogP contribution < -0.4 is 10.6 Å². The second-order valence-electron chi connectivity index (χ2n) is 4.86. The number of hydrogen-bond donors (Lipinski definition) is 1. The third-order valence-electron chi connectivity index (χ3n) is 3.83. The summed E-state index contributed by atoms with van der Waals surface area (Å²) in [5, 5.41) is 8.22. The van der Waals surface area contributed by atoms with Gasteiger partial charge in [-0.05, 0) is 19.4 Å². The van der Waals surface area contributed by atoms with Gasteiger partial charge in [0.05, 0.1) is 6.20 Å². The highest BCUT2D eigenvalue weighted by Gasteiger charge is 2.22. The molecule has 1 aromatic rings. The molecule has 1 saturated heterocycles. The van der Waals surface area contributed by atoms with Gasteiger partial charge in [-0.1, -0.05) is 6.92 Å². The van der Waals surface area contributed by atoms with Crippen LogP contribution in [0.3, 0.4) is 0 Å². The number of anilines is 1.